The van der Waals surface area contributed by atoms with Gasteiger partial charge in [-0.1, -0.05) is 36.4 Å². The van der Waals surface area contributed by atoms with E-state index in [2.05, 4.69) is 49.2 Å². The lowest BCUT2D eigenvalue weighted by atomic mass is 9.93. The molecule has 3 aromatic rings. The van der Waals surface area contributed by atoms with Crippen LogP contribution in [0.5, 0.6) is 0 Å². The average Bonchev–Trinajstić information content (AvgIpc) is 2.77. The van der Waals surface area contributed by atoms with Crippen LogP contribution in [-0.2, 0) is 17.6 Å². The van der Waals surface area contributed by atoms with E-state index in [1.165, 1.54) is 17.2 Å². The molecule has 31 heavy (non-hydrogen) atoms. The highest BCUT2D eigenvalue weighted by Gasteiger charge is 2.25. The fourth-order valence-corrected chi connectivity index (χ4v) is 4.31. The SMILES string of the molecule is Cc1ccc(CC(=O)N2CCC[C@H](c3ccc(Cc4cccc(F)c4)cn3)C2)cc1C. The second-order valence-corrected chi connectivity index (χ2v) is 8.67. The van der Waals surface area contributed by atoms with Gasteiger partial charge in [-0.05, 0) is 79.1 Å². The highest BCUT2D eigenvalue weighted by atomic mass is 19.1. The van der Waals surface area contributed by atoms with E-state index in [4.69, 9.17) is 0 Å². The summed E-state index contributed by atoms with van der Waals surface area (Å²) in [6, 6.07) is 17.1. The molecule has 1 saturated heterocycles. The summed E-state index contributed by atoms with van der Waals surface area (Å²) < 4.78 is 13.4. The Kier molecular flexibility index (Phi) is 6.45. The maximum atomic E-state index is 13.4. The topological polar surface area (TPSA) is 33.2 Å². The van der Waals surface area contributed by atoms with Crippen LogP contribution in [0.1, 0.15) is 52.3 Å². The second-order valence-electron chi connectivity index (χ2n) is 8.67. The van der Waals surface area contributed by atoms with Crippen molar-refractivity contribution in [2.45, 2.75) is 45.4 Å². The van der Waals surface area contributed by atoms with E-state index in [1.807, 2.05) is 17.2 Å². The molecule has 0 radical (unpaired) electrons. The fourth-order valence-electron chi connectivity index (χ4n) is 4.31. The Hall–Kier alpha value is -3.01. The van der Waals surface area contributed by atoms with E-state index in [0.717, 1.165) is 48.3 Å². The number of likely N-dealkylation sites (tertiary alicyclic amines) is 1. The summed E-state index contributed by atoms with van der Waals surface area (Å²) in [6.07, 6.45) is 5.04. The van der Waals surface area contributed by atoms with Gasteiger partial charge in [-0.3, -0.25) is 9.78 Å². The number of nitrogens with zero attached hydrogens (tertiary/aromatic N) is 2. The number of rotatable bonds is 5. The maximum Gasteiger partial charge on any atom is 0.227 e. The molecule has 2 heterocycles. The molecule has 3 nitrogen and oxygen atoms in total. The number of halogens is 1. The van der Waals surface area contributed by atoms with Crippen molar-refractivity contribution in [3.8, 4) is 0 Å². The van der Waals surface area contributed by atoms with Crippen molar-refractivity contribution in [2.24, 2.45) is 0 Å². The first-order valence-electron chi connectivity index (χ1n) is 11.0. The molecule has 1 fully saturated rings. The smallest absolute Gasteiger partial charge is 0.227 e. The molecular formula is C27H29FN2O. The number of aromatic nitrogens is 1. The summed E-state index contributed by atoms with van der Waals surface area (Å²) in [4.78, 5) is 19.6. The van der Waals surface area contributed by atoms with E-state index in [9.17, 15) is 9.18 Å². The zero-order chi connectivity index (χ0) is 21.8. The van der Waals surface area contributed by atoms with Gasteiger partial charge in [0, 0.05) is 30.9 Å². The fraction of sp³-hybridized carbons (Fsp3) is 0.333. The molecule has 0 saturated carbocycles. The lowest BCUT2D eigenvalue weighted by molar-refractivity contribution is -0.131. The standard InChI is InChI=1S/C27H29FN2O/c1-19-8-9-22(13-20(19)2)16-27(31)30-12-4-6-24(18-30)26-11-10-23(17-29-26)14-21-5-3-7-25(28)15-21/h3,5,7-11,13,15,17,24H,4,6,12,14,16,18H2,1-2H3/t24-/m0/s1. The van der Waals surface area contributed by atoms with Crippen LogP contribution in [0.3, 0.4) is 0 Å². The third-order valence-corrected chi connectivity index (χ3v) is 6.26. The molecule has 160 valence electrons. The van der Waals surface area contributed by atoms with Crippen molar-refractivity contribution in [2.75, 3.05) is 13.1 Å². The van der Waals surface area contributed by atoms with Gasteiger partial charge < -0.3 is 4.90 Å². The number of hydrogen-bond acceptors (Lipinski definition) is 2. The van der Waals surface area contributed by atoms with Crippen LogP contribution in [0.15, 0.2) is 60.8 Å². The highest BCUT2D eigenvalue weighted by molar-refractivity contribution is 5.79. The number of hydrogen-bond donors (Lipinski definition) is 0. The molecule has 0 spiro atoms. The lowest BCUT2D eigenvalue weighted by Gasteiger charge is -2.32. The third kappa shape index (κ3) is 5.38. The largest absolute Gasteiger partial charge is 0.342 e. The van der Waals surface area contributed by atoms with Crippen molar-refractivity contribution in [1.29, 1.82) is 0 Å². The van der Waals surface area contributed by atoms with Gasteiger partial charge in [0.25, 0.3) is 0 Å². The van der Waals surface area contributed by atoms with Crippen LogP contribution in [0.2, 0.25) is 0 Å². The van der Waals surface area contributed by atoms with E-state index in [1.54, 1.807) is 12.1 Å². The van der Waals surface area contributed by atoms with Gasteiger partial charge in [-0.2, -0.15) is 0 Å². The van der Waals surface area contributed by atoms with Crippen molar-refractivity contribution < 1.29 is 9.18 Å². The van der Waals surface area contributed by atoms with Crippen LogP contribution >= 0.6 is 0 Å². The molecule has 1 atom stereocenters. The van der Waals surface area contributed by atoms with Crippen LogP contribution in [0.4, 0.5) is 4.39 Å². The summed E-state index contributed by atoms with van der Waals surface area (Å²) >= 11 is 0. The van der Waals surface area contributed by atoms with Crippen LogP contribution in [0.25, 0.3) is 0 Å². The number of amides is 1. The minimum absolute atomic E-state index is 0.190. The molecule has 1 aliphatic heterocycles. The summed E-state index contributed by atoms with van der Waals surface area (Å²) in [7, 11) is 0. The molecule has 1 amide bonds. The van der Waals surface area contributed by atoms with Crippen LogP contribution in [-0.4, -0.2) is 28.9 Å². The maximum absolute atomic E-state index is 13.4. The first-order valence-corrected chi connectivity index (χ1v) is 11.0. The molecule has 0 unspecified atom stereocenters. The van der Waals surface area contributed by atoms with Crippen molar-refractivity contribution in [3.63, 3.8) is 0 Å². The van der Waals surface area contributed by atoms with Gasteiger partial charge in [-0.25, -0.2) is 4.39 Å². The van der Waals surface area contributed by atoms with E-state index in [0.29, 0.717) is 12.8 Å². The molecule has 4 heteroatoms. The Morgan fingerprint density at radius 2 is 1.87 bits per heavy atom. The number of benzene rings is 2. The van der Waals surface area contributed by atoms with Crippen molar-refractivity contribution in [1.82, 2.24) is 9.88 Å². The monoisotopic (exact) mass is 416 g/mol. The quantitative estimate of drug-likeness (QED) is 0.560. The summed E-state index contributed by atoms with van der Waals surface area (Å²) in [5.74, 6) is 0.242. The molecule has 1 aromatic heterocycles. The molecule has 0 N–H and O–H groups in total. The summed E-state index contributed by atoms with van der Waals surface area (Å²) in [6.45, 7) is 5.72. The van der Waals surface area contributed by atoms with Gasteiger partial charge in [0.05, 0.1) is 6.42 Å². The molecular weight excluding hydrogens is 387 g/mol. The summed E-state index contributed by atoms with van der Waals surface area (Å²) in [5.41, 5.74) is 6.59. The Labute approximate surface area is 183 Å². The Bertz CT molecular complexity index is 1060. The number of piperidine rings is 1. The summed E-state index contributed by atoms with van der Waals surface area (Å²) in [5, 5.41) is 0. The van der Waals surface area contributed by atoms with E-state index < -0.39 is 0 Å². The van der Waals surface area contributed by atoms with Crippen molar-refractivity contribution in [3.05, 3.63) is 100 Å². The number of aryl methyl sites for hydroxylation is 2. The minimum Gasteiger partial charge on any atom is -0.342 e. The van der Waals surface area contributed by atoms with Gasteiger partial charge in [-0.15, -0.1) is 0 Å². The lowest BCUT2D eigenvalue weighted by Crippen LogP contribution is -2.40. The first kappa shape index (κ1) is 21.2. The van der Waals surface area contributed by atoms with E-state index in [-0.39, 0.29) is 17.6 Å². The first-order chi connectivity index (χ1) is 15.0. The zero-order valence-electron chi connectivity index (χ0n) is 18.3. The normalized spacial score (nSPS) is 16.4. The predicted octanol–water partition coefficient (Wildman–Crippen LogP) is 5.38. The molecule has 0 bridgehead atoms. The van der Waals surface area contributed by atoms with Gasteiger partial charge in [0.1, 0.15) is 5.82 Å². The predicted molar refractivity (Wildman–Crippen MR) is 122 cm³/mol. The average molecular weight is 417 g/mol. The van der Waals surface area contributed by atoms with Gasteiger partial charge in [0.15, 0.2) is 0 Å². The Morgan fingerprint density at radius 1 is 1.03 bits per heavy atom. The molecule has 4 rings (SSSR count). The highest BCUT2D eigenvalue weighted by Crippen LogP contribution is 2.26. The number of pyridine rings is 1. The van der Waals surface area contributed by atoms with Gasteiger partial charge in [0.2, 0.25) is 5.91 Å². The molecule has 2 aromatic carbocycles. The third-order valence-electron chi connectivity index (χ3n) is 6.26. The number of carbonyl (C=O) groups excluding carboxylic acids is 1. The van der Waals surface area contributed by atoms with E-state index >= 15 is 0 Å². The Morgan fingerprint density at radius 3 is 2.61 bits per heavy atom. The Balaban J connectivity index is 1.38. The number of carbonyl (C=O) groups is 1. The minimum atomic E-state index is -0.213. The van der Waals surface area contributed by atoms with Crippen LogP contribution < -0.4 is 0 Å². The van der Waals surface area contributed by atoms with Crippen LogP contribution in [0, 0.1) is 19.7 Å². The second kappa shape index (κ2) is 9.42. The molecule has 0 aliphatic carbocycles. The van der Waals surface area contributed by atoms with Crippen molar-refractivity contribution >= 4 is 5.91 Å². The molecule has 1 aliphatic rings. The van der Waals surface area contributed by atoms with Gasteiger partial charge >= 0.3 is 0 Å². The zero-order valence-corrected chi connectivity index (χ0v) is 18.3.